The van der Waals surface area contributed by atoms with Crippen LogP contribution < -0.4 is 30.2 Å². The molecule has 2 N–H and O–H groups in total. The monoisotopic (exact) mass is 834 g/mol. The lowest BCUT2D eigenvalue weighted by Gasteiger charge is -2.33. The number of cyclic esters (lactones) is 2. The number of nitrogens with one attached hydrogen (secondary N) is 2. The highest BCUT2D eigenvalue weighted by Gasteiger charge is 2.35. The van der Waals surface area contributed by atoms with Gasteiger partial charge in [0.2, 0.25) is 11.8 Å². The molecule has 320 valence electrons. The number of hydrogen-bond donors (Lipinski definition) is 2. The van der Waals surface area contributed by atoms with Gasteiger partial charge in [-0.3, -0.25) is 19.4 Å². The van der Waals surface area contributed by atoms with Gasteiger partial charge < -0.3 is 29.9 Å². The van der Waals surface area contributed by atoms with Crippen molar-refractivity contribution in [3.8, 4) is 0 Å². The molecule has 4 aromatic rings. The summed E-state index contributed by atoms with van der Waals surface area (Å²) in [5, 5.41) is 28.5. The molecule has 4 saturated heterocycles. The Hall–Kier alpha value is -6.48. The minimum absolute atomic E-state index is 0.108. The van der Waals surface area contributed by atoms with Crippen LogP contribution >= 0.6 is 0 Å². The first kappa shape index (κ1) is 41.7. The maximum absolute atomic E-state index is 14.9. The van der Waals surface area contributed by atoms with Gasteiger partial charge in [-0.05, 0) is 77.7 Å². The molecule has 2 atom stereocenters. The predicted molar refractivity (Wildman–Crippen MR) is 211 cm³/mol. The van der Waals surface area contributed by atoms with Crippen LogP contribution in [0.5, 0.6) is 0 Å². The summed E-state index contributed by atoms with van der Waals surface area (Å²) in [6.07, 6.45) is 4.96. The van der Waals surface area contributed by atoms with Crippen LogP contribution in [0, 0.1) is 11.6 Å². The van der Waals surface area contributed by atoms with Crippen molar-refractivity contribution in [1.29, 1.82) is 0 Å². The Bertz CT molecular complexity index is 1950. The van der Waals surface area contributed by atoms with Crippen LogP contribution in [0.1, 0.15) is 64.5 Å². The second kappa shape index (κ2) is 19.1. The van der Waals surface area contributed by atoms with E-state index in [0.29, 0.717) is 61.8 Å². The number of aromatic nitrogens is 8. The predicted octanol–water partition coefficient (Wildman–Crippen LogP) is 3.01. The van der Waals surface area contributed by atoms with E-state index in [1.54, 1.807) is 53.9 Å². The number of tetrazole rings is 2. The van der Waals surface area contributed by atoms with Crippen molar-refractivity contribution in [2.24, 2.45) is 0 Å². The standard InChI is InChI=1S/2C19H24FN7O3/c1-2-18(28)21-10-15-11-26(19(29)30-15)14-3-4-17(16(20)9-14)25-7-5-13(6-8-25)27-12-22-23-24-27;1-2-18(28)21-10-15-11-26(19(29)30-15)14-3-4-17(16(20)9-14)25-7-5-13(6-8-25)27-23-12-22-24-27/h2*3-4,9,12-13,15H,2,5-8,10-11H2,1H3,(H,21,28)/t2*15-/m00/s1. The molecule has 4 fully saturated rings. The Morgan fingerprint density at radius 2 is 1.22 bits per heavy atom. The molecule has 6 heterocycles. The topological polar surface area (TPSA) is 211 Å². The number of piperidine rings is 2. The maximum Gasteiger partial charge on any atom is 0.414 e. The van der Waals surface area contributed by atoms with Crippen LogP contribution in [0.4, 0.5) is 41.1 Å². The second-order valence-electron chi connectivity index (χ2n) is 14.8. The van der Waals surface area contributed by atoms with E-state index in [1.165, 1.54) is 28.3 Å². The van der Waals surface area contributed by atoms with Gasteiger partial charge in [0.15, 0.2) is 6.33 Å². The fourth-order valence-corrected chi connectivity index (χ4v) is 7.61. The minimum Gasteiger partial charge on any atom is -0.442 e. The van der Waals surface area contributed by atoms with E-state index in [-0.39, 0.29) is 61.7 Å². The number of benzene rings is 2. The van der Waals surface area contributed by atoms with Crippen molar-refractivity contribution >= 4 is 46.8 Å². The highest BCUT2D eigenvalue weighted by molar-refractivity contribution is 5.91. The van der Waals surface area contributed by atoms with Gasteiger partial charge in [0.25, 0.3) is 0 Å². The highest BCUT2D eigenvalue weighted by atomic mass is 19.1. The Labute approximate surface area is 344 Å². The zero-order valence-electron chi connectivity index (χ0n) is 33.4. The van der Waals surface area contributed by atoms with Crippen LogP contribution in [-0.4, -0.2) is 129 Å². The molecule has 0 aliphatic carbocycles. The molecule has 20 nitrogen and oxygen atoms in total. The fraction of sp³-hybridized carbons (Fsp3) is 0.526. The van der Waals surface area contributed by atoms with E-state index < -0.39 is 24.4 Å². The molecule has 0 spiro atoms. The van der Waals surface area contributed by atoms with E-state index >= 15 is 0 Å². The lowest BCUT2D eigenvalue weighted by molar-refractivity contribution is -0.121. The Balaban J connectivity index is 0.000000181. The van der Waals surface area contributed by atoms with E-state index in [9.17, 15) is 28.0 Å². The highest BCUT2D eigenvalue weighted by Crippen LogP contribution is 2.33. The second-order valence-corrected chi connectivity index (χ2v) is 14.8. The zero-order chi connectivity index (χ0) is 42.2. The van der Waals surface area contributed by atoms with Crippen molar-refractivity contribution in [2.75, 3.05) is 72.0 Å². The molecule has 0 unspecified atom stereocenters. The van der Waals surface area contributed by atoms with Crippen LogP contribution in [-0.2, 0) is 19.1 Å². The van der Waals surface area contributed by atoms with Crippen molar-refractivity contribution in [3.63, 3.8) is 0 Å². The minimum atomic E-state index is -0.543. The van der Waals surface area contributed by atoms with Crippen LogP contribution in [0.15, 0.2) is 49.1 Å². The van der Waals surface area contributed by atoms with Crippen molar-refractivity contribution in [3.05, 3.63) is 60.7 Å². The largest absolute Gasteiger partial charge is 0.442 e. The van der Waals surface area contributed by atoms with Crippen LogP contribution in [0.25, 0.3) is 0 Å². The first-order valence-electron chi connectivity index (χ1n) is 20.1. The lowest BCUT2D eigenvalue weighted by Crippen LogP contribution is -2.36. The third-order valence-electron chi connectivity index (χ3n) is 11.0. The summed E-state index contributed by atoms with van der Waals surface area (Å²) < 4.78 is 42.0. The van der Waals surface area contributed by atoms with Crippen LogP contribution in [0.3, 0.4) is 0 Å². The van der Waals surface area contributed by atoms with Gasteiger partial charge in [-0.25, -0.2) is 23.1 Å². The van der Waals surface area contributed by atoms with Crippen molar-refractivity contribution in [2.45, 2.75) is 76.7 Å². The zero-order valence-corrected chi connectivity index (χ0v) is 33.4. The van der Waals surface area contributed by atoms with E-state index in [1.807, 2.05) is 9.80 Å². The quantitative estimate of drug-likeness (QED) is 0.210. The number of rotatable bonds is 12. The van der Waals surface area contributed by atoms with Gasteiger partial charge in [-0.2, -0.15) is 4.80 Å². The number of amides is 4. The molecule has 2 aromatic heterocycles. The van der Waals surface area contributed by atoms with Crippen LogP contribution in [0.2, 0.25) is 0 Å². The van der Waals surface area contributed by atoms with Gasteiger partial charge in [0.05, 0.1) is 61.0 Å². The first-order chi connectivity index (χ1) is 29.1. The maximum atomic E-state index is 14.9. The Kier molecular flexibility index (Phi) is 13.2. The number of carbonyl (C=O) groups excluding carboxylic acids is 4. The average Bonchev–Trinajstić information content (AvgIpc) is 4.11. The number of carbonyl (C=O) groups is 4. The molecular formula is C38H48F2N14O6. The Morgan fingerprint density at radius 1 is 0.717 bits per heavy atom. The lowest BCUT2D eigenvalue weighted by atomic mass is 10.0. The number of ether oxygens (including phenoxy) is 2. The molecule has 8 rings (SSSR count). The first-order valence-corrected chi connectivity index (χ1v) is 20.1. The van der Waals surface area contributed by atoms with E-state index in [0.717, 1.165) is 25.7 Å². The number of anilines is 4. The molecule has 4 aliphatic heterocycles. The molecule has 60 heavy (non-hydrogen) atoms. The van der Waals surface area contributed by atoms with Crippen molar-refractivity contribution in [1.82, 2.24) is 51.0 Å². The normalized spacial score (nSPS) is 19.8. The van der Waals surface area contributed by atoms with Gasteiger partial charge in [-0.1, -0.05) is 13.8 Å². The molecule has 0 radical (unpaired) electrons. The summed E-state index contributed by atoms with van der Waals surface area (Å²) >= 11 is 0. The van der Waals surface area contributed by atoms with Crippen molar-refractivity contribution < 1.29 is 37.4 Å². The molecule has 0 saturated carbocycles. The number of hydrogen-bond acceptors (Lipinski definition) is 14. The average molecular weight is 835 g/mol. The number of nitrogens with zero attached hydrogens (tertiary/aromatic N) is 12. The molecule has 4 amide bonds. The molecule has 2 aromatic carbocycles. The number of halogens is 2. The van der Waals surface area contributed by atoms with Gasteiger partial charge in [0.1, 0.15) is 30.2 Å². The smallest absolute Gasteiger partial charge is 0.414 e. The fourth-order valence-electron chi connectivity index (χ4n) is 7.61. The molecular weight excluding hydrogens is 787 g/mol. The third kappa shape index (κ3) is 9.85. The summed E-state index contributed by atoms with van der Waals surface area (Å²) in [6, 6.07) is 9.92. The SMILES string of the molecule is CCC(=O)NC[C@H]1CN(c2ccc(N3CCC(n4cnnn4)CC3)c(F)c2)C(=O)O1.CCC(=O)NC[C@H]1CN(c2ccc(N3CCC(n4ncnn4)CC3)c(F)c2)C(=O)O1. The Morgan fingerprint density at radius 3 is 1.63 bits per heavy atom. The summed E-state index contributed by atoms with van der Waals surface area (Å²) in [5.41, 5.74) is 1.89. The summed E-state index contributed by atoms with van der Waals surface area (Å²) in [7, 11) is 0. The van der Waals surface area contributed by atoms with E-state index in [4.69, 9.17) is 9.47 Å². The van der Waals surface area contributed by atoms with Gasteiger partial charge in [-0.15, -0.1) is 15.3 Å². The van der Waals surface area contributed by atoms with E-state index in [2.05, 4.69) is 41.6 Å². The van der Waals surface area contributed by atoms with Gasteiger partial charge in [0, 0.05) is 39.0 Å². The molecule has 0 bridgehead atoms. The summed E-state index contributed by atoms with van der Waals surface area (Å²) in [4.78, 5) is 55.5. The molecule has 4 aliphatic rings. The summed E-state index contributed by atoms with van der Waals surface area (Å²) in [6.45, 7) is 7.23. The molecule has 22 heteroatoms. The third-order valence-corrected chi connectivity index (χ3v) is 11.0. The summed E-state index contributed by atoms with van der Waals surface area (Å²) in [5.74, 6) is -0.990. The van der Waals surface area contributed by atoms with Gasteiger partial charge >= 0.3 is 12.2 Å².